The van der Waals surface area contributed by atoms with Gasteiger partial charge in [-0.1, -0.05) is 18.2 Å². The van der Waals surface area contributed by atoms with Crippen molar-refractivity contribution in [2.75, 3.05) is 53.0 Å². The van der Waals surface area contributed by atoms with E-state index in [1.807, 2.05) is 21.9 Å². The molecule has 3 rings (SSSR count). The SMILES string of the molecule is COCCN(CC1CCN(Cc2ccccc2F)CC1)C(=O)CCCN1CCCCC1=O. The fourth-order valence-electron chi connectivity index (χ4n) is 4.70. The first-order valence-corrected chi connectivity index (χ1v) is 12.1. The van der Waals surface area contributed by atoms with Crippen LogP contribution in [0.15, 0.2) is 24.3 Å². The smallest absolute Gasteiger partial charge is 0.222 e. The number of nitrogens with zero attached hydrogens (tertiary/aromatic N) is 3. The van der Waals surface area contributed by atoms with E-state index in [-0.39, 0.29) is 17.6 Å². The first-order chi connectivity index (χ1) is 15.6. The van der Waals surface area contributed by atoms with Gasteiger partial charge < -0.3 is 14.5 Å². The van der Waals surface area contributed by atoms with Crippen LogP contribution in [0.3, 0.4) is 0 Å². The third kappa shape index (κ3) is 7.55. The van der Waals surface area contributed by atoms with Crippen molar-refractivity contribution < 1.29 is 18.7 Å². The summed E-state index contributed by atoms with van der Waals surface area (Å²) in [6.45, 7) is 5.86. The number of hydrogen-bond donors (Lipinski definition) is 0. The largest absolute Gasteiger partial charge is 0.383 e. The van der Waals surface area contributed by atoms with E-state index in [0.29, 0.717) is 45.0 Å². The molecule has 1 aromatic carbocycles. The molecule has 0 N–H and O–H groups in total. The summed E-state index contributed by atoms with van der Waals surface area (Å²) in [4.78, 5) is 31.0. The first-order valence-electron chi connectivity index (χ1n) is 12.1. The highest BCUT2D eigenvalue weighted by atomic mass is 19.1. The molecule has 0 atom stereocenters. The Balaban J connectivity index is 1.42. The molecule has 2 aliphatic heterocycles. The summed E-state index contributed by atoms with van der Waals surface area (Å²) in [7, 11) is 1.66. The number of halogens is 1. The lowest BCUT2D eigenvalue weighted by Crippen LogP contribution is -2.42. The second kappa shape index (κ2) is 12.9. The molecular formula is C25H38FN3O3. The Hall–Kier alpha value is -1.99. The summed E-state index contributed by atoms with van der Waals surface area (Å²) in [5.41, 5.74) is 0.745. The first kappa shape index (κ1) is 24.6. The van der Waals surface area contributed by atoms with E-state index >= 15 is 0 Å². The van der Waals surface area contributed by atoms with Crippen molar-refractivity contribution in [3.63, 3.8) is 0 Å². The number of benzene rings is 1. The van der Waals surface area contributed by atoms with Crippen LogP contribution in [0.1, 0.15) is 50.5 Å². The Morgan fingerprint density at radius 3 is 2.69 bits per heavy atom. The van der Waals surface area contributed by atoms with Crippen molar-refractivity contribution >= 4 is 11.8 Å². The quantitative estimate of drug-likeness (QED) is 0.522. The van der Waals surface area contributed by atoms with Crippen molar-refractivity contribution in [3.8, 4) is 0 Å². The van der Waals surface area contributed by atoms with Crippen molar-refractivity contribution in [1.29, 1.82) is 0 Å². The monoisotopic (exact) mass is 447 g/mol. The van der Waals surface area contributed by atoms with Crippen molar-refractivity contribution in [2.24, 2.45) is 5.92 Å². The Kier molecular flexibility index (Phi) is 9.93. The maximum atomic E-state index is 13.9. The molecule has 0 unspecified atom stereocenters. The van der Waals surface area contributed by atoms with Crippen LogP contribution in [0.25, 0.3) is 0 Å². The predicted octanol–water partition coefficient (Wildman–Crippen LogP) is 3.31. The molecule has 2 saturated heterocycles. The lowest BCUT2D eigenvalue weighted by Gasteiger charge is -2.35. The number of likely N-dealkylation sites (tertiary alicyclic amines) is 2. The molecule has 2 heterocycles. The Morgan fingerprint density at radius 2 is 1.97 bits per heavy atom. The molecule has 178 valence electrons. The van der Waals surface area contributed by atoms with Gasteiger partial charge in [0.05, 0.1) is 6.61 Å². The zero-order valence-electron chi connectivity index (χ0n) is 19.4. The minimum absolute atomic E-state index is 0.141. The molecule has 2 aliphatic rings. The Labute approximate surface area is 191 Å². The van der Waals surface area contributed by atoms with Crippen molar-refractivity contribution in [2.45, 2.75) is 51.5 Å². The zero-order chi connectivity index (χ0) is 22.8. The highest BCUT2D eigenvalue weighted by Gasteiger charge is 2.24. The second-order valence-corrected chi connectivity index (χ2v) is 9.08. The van der Waals surface area contributed by atoms with E-state index in [9.17, 15) is 14.0 Å². The number of carbonyl (C=O) groups excluding carboxylic acids is 2. The average molecular weight is 448 g/mol. The molecule has 2 amide bonds. The van der Waals surface area contributed by atoms with Gasteiger partial charge in [0, 0.05) is 58.2 Å². The van der Waals surface area contributed by atoms with Crippen LogP contribution >= 0.6 is 0 Å². The van der Waals surface area contributed by atoms with Gasteiger partial charge in [0.15, 0.2) is 0 Å². The minimum atomic E-state index is -0.141. The number of piperidine rings is 2. The predicted molar refractivity (Wildman–Crippen MR) is 123 cm³/mol. The highest BCUT2D eigenvalue weighted by Crippen LogP contribution is 2.21. The van der Waals surface area contributed by atoms with Crippen LogP contribution < -0.4 is 0 Å². The van der Waals surface area contributed by atoms with Gasteiger partial charge in [-0.25, -0.2) is 4.39 Å². The summed E-state index contributed by atoms with van der Waals surface area (Å²) in [5.74, 6) is 0.691. The van der Waals surface area contributed by atoms with E-state index in [1.165, 1.54) is 6.07 Å². The van der Waals surface area contributed by atoms with Crippen molar-refractivity contribution in [1.82, 2.24) is 14.7 Å². The molecule has 0 aliphatic carbocycles. The molecule has 6 nitrogen and oxygen atoms in total. The van der Waals surface area contributed by atoms with Crippen LogP contribution in [0.2, 0.25) is 0 Å². The molecule has 0 bridgehead atoms. The van der Waals surface area contributed by atoms with Crippen LogP contribution in [0.5, 0.6) is 0 Å². The standard InChI is InChI=1S/C25H38FN3O3/c1-32-18-17-29(25(31)10-6-14-28-13-5-4-9-24(28)30)19-21-11-15-27(16-12-21)20-22-7-2-3-8-23(22)26/h2-3,7-8,21H,4-6,9-20H2,1H3. The summed E-state index contributed by atoms with van der Waals surface area (Å²) in [5, 5.41) is 0. The summed E-state index contributed by atoms with van der Waals surface area (Å²) >= 11 is 0. The topological polar surface area (TPSA) is 53.1 Å². The van der Waals surface area contributed by atoms with Crippen LogP contribution in [0, 0.1) is 11.7 Å². The normalized spacial score (nSPS) is 18.2. The van der Waals surface area contributed by atoms with E-state index in [2.05, 4.69) is 4.90 Å². The van der Waals surface area contributed by atoms with E-state index in [0.717, 1.165) is 63.8 Å². The van der Waals surface area contributed by atoms with Crippen LogP contribution in [-0.2, 0) is 20.9 Å². The number of rotatable bonds is 11. The van der Waals surface area contributed by atoms with E-state index in [4.69, 9.17) is 4.74 Å². The van der Waals surface area contributed by atoms with Gasteiger partial charge in [-0.05, 0) is 57.2 Å². The zero-order valence-corrected chi connectivity index (χ0v) is 19.4. The summed E-state index contributed by atoms with van der Waals surface area (Å²) in [6, 6.07) is 6.97. The molecule has 32 heavy (non-hydrogen) atoms. The van der Waals surface area contributed by atoms with Gasteiger partial charge in [-0.3, -0.25) is 14.5 Å². The second-order valence-electron chi connectivity index (χ2n) is 9.08. The number of carbonyl (C=O) groups is 2. The van der Waals surface area contributed by atoms with Gasteiger partial charge >= 0.3 is 0 Å². The maximum absolute atomic E-state index is 13.9. The Morgan fingerprint density at radius 1 is 1.19 bits per heavy atom. The van der Waals surface area contributed by atoms with Crippen molar-refractivity contribution in [3.05, 3.63) is 35.6 Å². The minimum Gasteiger partial charge on any atom is -0.383 e. The summed E-state index contributed by atoms with van der Waals surface area (Å²) in [6.07, 6.45) is 5.90. The maximum Gasteiger partial charge on any atom is 0.222 e. The molecular weight excluding hydrogens is 409 g/mol. The molecule has 1 aromatic rings. The van der Waals surface area contributed by atoms with E-state index < -0.39 is 0 Å². The van der Waals surface area contributed by atoms with Crippen LogP contribution in [-0.4, -0.2) is 79.5 Å². The molecule has 0 spiro atoms. The number of methoxy groups -OCH3 is 1. The summed E-state index contributed by atoms with van der Waals surface area (Å²) < 4.78 is 19.2. The van der Waals surface area contributed by atoms with Gasteiger partial charge in [0.25, 0.3) is 0 Å². The number of hydrogen-bond acceptors (Lipinski definition) is 4. The van der Waals surface area contributed by atoms with Gasteiger partial charge in [-0.2, -0.15) is 0 Å². The number of ether oxygens (including phenoxy) is 1. The van der Waals surface area contributed by atoms with Gasteiger partial charge in [-0.15, -0.1) is 0 Å². The Bertz CT molecular complexity index is 737. The van der Waals surface area contributed by atoms with Gasteiger partial charge in [0.1, 0.15) is 5.82 Å². The molecule has 0 saturated carbocycles. The fraction of sp³-hybridized carbons (Fsp3) is 0.680. The van der Waals surface area contributed by atoms with Crippen LogP contribution in [0.4, 0.5) is 4.39 Å². The van der Waals surface area contributed by atoms with Gasteiger partial charge in [0.2, 0.25) is 11.8 Å². The molecule has 0 radical (unpaired) electrons. The fourth-order valence-corrected chi connectivity index (χ4v) is 4.70. The third-order valence-corrected chi connectivity index (χ3v) is 6.70. The molecule has 0 aromatic heterocycles. The molecule has 2 fully saturated rings. The number of amides is 2. The van der Waals surface area contributed by atoms with E-state index in [1.54, 1.807) is 13.2 Å². The molecule has 7 heteroatoms. The lowest BCUT2D eigenvalue weighted by molar-refractivity contribution is -0.135. The average Bonchev–Trinajstić information content (AvgIpc) is 2.80. The highest BCUT2D eigenvalue weighted by molar-refractivity contribution is 5.77. The third-order valence-electron chi connectivity index (χ3n) is 6.70. The lowest BCUT2D eigenvalue weighted by atomic mass is 9.95.